The van der Waals surface area contributed by atoms with Gasteiger partial charge >= 0.3 is 0 Å². The van der Waals surface area contributed by atoms with Crippen LogP contribution in [0.25, 0.3) is 0 Å². The molecule has 2 aromatic heterocycles. The molecule has 4 rings (SSSR count). The van der Waals surface area contributed by atoms with Gasteiger partial charge in [-0.05, 0) is 50.2 Å². The Kier molecular flexibility index (Phi) is 5.81. The van der Waals surface area contributed by atoms with E-state index in [-0.39, 0.29) is 5.91 Å². The molecule has 0 saturated heterocycles. The van der Waals surface area contributed by atoms with Crippen LogP contribution in [0.1, 0.15) is 66.8 Å². The quantitative estimate of drug-likeness (QED) is 0.752. The highest BCUT2D eigenvalue weighted by atomic mass is 32.2. The fourth-order valence-corrected chi connectivity index (χ4v) is 5.45. The normalized spacial score (nSPS) is 25.0. The van der Waals surface area contributed by atoms with E-state index >= 15 is 0 Å². The van der Waals surface area contributed by atoms with Crippen molar-refractivity contribution >= 4 is 17.7 Å². The van der Waals surface area contributed by atoms with Gasteiger partial charge in [0.15, 0.2) is 0 Å². The molecular weight excluding hydrogens is 358 g/mol. The molecule has 27 heavy (non-hydrogen) atoms. The second-order valence-electron chi connectivity index (χ2n) is 7.86. The van der Waals surface area contributed by atoms with Gasteiger partial charge in [-0.3, -0.25) is 4.79 Å². The molecule has 0 spiro atoms. The van der Waals surface area contributed by atoms with Crippen molar-refractivity contribution in [2.75, 3.05) is 0 Å². The highest BCUT2D eigenvalue weighted by molar-refractivity contribution is 7.98. The van der Waals surface area contributed by atoms with Gasteiger partial charge in [-0.1, -0.05) is 42.6 Å². The number of carbonyl (C=O) groups excluding carboxylic acids is 1. The average Bonchev–Trinajstić information content (AvgIpc) is 3.11. The van der Waals surface area contributed by atoms with E-state index in [9.17, 15) is 4.79 Å². The second-order valence-corrected chi connectivity index (χ2v) is 8.83. The first-order valence-corrected chi connectivity index (χ1v) is 11.0. The number of fused-ring (bicyclic) bond motifs is 1. The Balaban J connectivity index is 1.38. The van der Waals surface area contributed by atoms with Gasteiger partial charge in [0.2, 0.25) is 0 Å². The van der Waals surface area contributed by atoms with Crippen LogP contribution in [0.5, 0.6) is 0 Å². The van der Waals surface area contributed by atoms with Crippen molar-refractivity contribution in [2.45, 2.75) is 68.7 Å². The van der Waals surface area contributed by atoms with Crippen molar-refractivity contribution < 1.29 is 9.32 Å². The third-order valence-corrected chi connectivity index (χ3v) is 6.96. The summed E-state index contributed by atoms with van der Waals surface area (Å²) in [5, 5.41) is 8.05. The Morgan fingerprint density at radius 1 is 1.26 bits per heavy atom. The Hall–Kier alpha value is -1.82. The first-order chi connectivity index (χ1) is 13.2. The first-order valence-electron chi connectivity index (χ1n) is 10.00. The summed E-state index contributed by atoms with van der Waals surface area (Å²) in [6.45, 7) is 1.88. The molecule has 144 valence electrons. The molecule has 3 unspecified atom stereocenters. The standard InChI is InChI=1S/C21H27N3O2S/c1-14-11-18(24-26-14)13-27-21-19(7-4-10-22-21)20(25)23-17-9-8-15-5-2-3-6-16(15)12-17/h4,7,10-11,15-17H,2-3,5-6,8-9,12-13H2,1H3,(H,23,25). The van der Waals surface area contributed by atoms with E-state index in [4.69, 9.17) is 4.52 Å². The number of aromatic nitrogens is 2. The lowest BCUT2D eigenvalue weighted by atomic mass is 9.69. The minimum atomic E-state index is 0.00110. The number of nitrogens with one attached hydrogen (secondary N) is 1. The molecule has 0 radical (unpaired) electrons. The molecule has 2 aliphatic rings. The molecular formula is C21H27N3O2S. The van der Waals surface area contributed by atoms with Crippen LogP contribution >= 0.6 is 11.8 Å². The molecule has 2 heterocycles. The smallest absolute Gasteiger partial charge is 0.254 e. The minimum Gasteiger partial charge on any atom is -0.361 e. The Bertz CT molecular complexity index is 791. The van der Waals surface area contributed by atoms with Crippen molar-refractivity contribution in [2.24, 2.45) is 11.8 Å². The van der Waals surface area contributed by atoms with E-state index in [1.165, 1.54) is 43.9 Å². The molecule has 5 nitrogen and oxygen atoms in total. The molecule has 0 bridgehead atoms. The van der Waals surface area contributed by atoms with Crippen LogP contribution in [0.15, 0.2) is 33.9 Å². The summed E-state index contributed by atoms with van der Waals surface area (Å²) in [5.74, 6) is 3.13. The van der Waals surface area contributed by atoms with Gasteiger partial charge in [0.1, 0.15) is 10.8 Å². The maximum absolute atomic E-state index is 12.9. The summed E-state index contributed by atoms with van der Waals surface area (Å²) < 4.78 is 5.11. The molecule has 6 heteroatoms. The number of pyridine rings is 1. The van der Waals surface area contributed by atoms with Crippen LogP contribution in [0.3, 0.4) is 0 Å². The highest BCUT2D eigenvalue weighted by Gasteiger charge is 2.33. The fourth-order valence-electron chi connectivity index (χ4n) is 4.57. The SMILES string of the molecule is Cc1cc(CSc2ncccc2C(=O)NC2CCC3CCCCC3C2)no1. The number of hydrogen-bond acceptors (Lipinski definition) is 5. The predicted molar refractivity (Wildman–Crippen MR) is 106 cm³/mol. The maximum atomic E-state index is 12.9. The van der Waals surface area contributed by atoms with Crippen molar-refractivity contribution in [1.29, 1.82) is 0 Å². The molecule has 2 aromatic rings. The van der Waals surface area contributed by atoms with Crippen molar-refractivity contribution in [3.63, 3.8) is 0 Å². The molecule has 2 aliphatic carbocycles. The number of carbonyl (C=O) groups is 1. The fraction of sp³-hybridized carbons (Fsp3) is 0.571. The number of hydrogen-bond donors (Lipinski definition) is 1. The Morgan fingerprint density at radius 3 is 2.93 bits per heavy atom. The van der Waals surface area contributed by atoms with E-state index in [1.54, 1.807) is 6.20 Å². The van der Waals surface area contributed by atoms with Gasteiger partial charge in [-0.25, -0.2) is 4.98 Å². The van der Waals surface area contributed by atoms with Gasteiger partial charge in [-0.15, -0.1) is 0 Å². The number of thioether (sulfide) groups is 1. The molecule has 1 amide bonds. The Morgan fingerprint density at radius 2 is 2.11 bits per heavy atom. The van der Waals surface area contributed by atoms with Crippen LogP contribution in [-0.2, 0) is 5.75 Å². The van der Waals surface area contributed by atoms with Gasteiger partial charge in [0, 0.05) is 24.1 Å². The molecule has 0 aromatic carbocycles. The van der Waals surface area contributed by atoms with Crippen LogP contribution in [0.2, 0.25) is 0 Å². The third kappa shape index (κ3) is 4.54. The zero-order chi connectivity index (χ0) is 18.6. The van der Waals surface area contributed by atoms with E-state index in [0.29, 0.717) is 17.4 Å². The van der Waals surface area contributed by atoms with Gasteiger partial charge in [0.05, 0.1) is 11.3 Å². The Labute approximate surface area is 164 Å². The third-order valence-electron chi connectivity index (χ3n) is 5.92. The second kappa shape index (κ2) is 8.46. The zero-order valence-electron chi connectivity index (χ0n) is 15.8. The van der Waals surface area contributed by atoms with Gasteiger partial charge in [-0.2, -0.15) is 0 Å². The maximum Gasteiger partial charge on any atom is 0.254 e. The van der Waals surface area contributed by atoms with Crippen molar-refractivity contribution in [1.82, 2.24) is 15.5 Å². The number of aryl methyl sites for hydroxylation is 1. The molecule has 0 aliphatic heterocycles. The lowest BCUT2D eigenvalue weighted by Crippen LogP contribution is -2.41. The van der Waals surface area contributed by atoms with Crippen LogP contribution in [-0.4, -0.2) is 22.1 Å². The summed E-state index contributed by atoms with van der Waals surface area (Å²) in [6.07, 6.45) is 10.7. The summed E-state index contributed by atoms with van der Waals surface area (Å²) in [4.78, 5) is 17.3. The number of amides is 1. The largest absolute Gasteiger partial charge is 0.361 e. The lowest BCUT2D eigenvalue weighted by molar-refractivity contribution is 0.0876. The summed E-state index contributed by atoms with van der Waals surface area (Å²) in [6, 6.07) is 5.91. The topological polar surface area (TPSA) is 68.0 Å². The first kappa shape index (κ1) is 18.5. The minimum absolute atomic E-state index is 0.00110. The van der Waals surface area contributed by atoms with E-state index in [1.807, 2.05) is 25.1 Å². The monoisotopic (exact) mass is 385 g/mol. The number of rotatable bonds is 5. The predicted octanol–water partition coefficient (Wildman–Crippen LogP) is 4.76. The summed E-state index contributed by atoms with van der Waals surface area (Å²) in [5.41, 5.74) is 1.53. The van der Waals surface area contributed by atoms with Crippen LogP contribution in [0.4, 0.5) is 0 Å². The van der Waals surface area contributed by atoms with Crippen LogP contribution in [0, 0.1) is 18.8 Å². The molecule has 2 fully saturated rings. The average molecular weight is 386 g/mol. The van der Waals surface area contributed by atoms with Gasteiger partial charge < -0.3 is 9.84 Å². The van der Waals surface area contributed by atoms with Gasteiger partial charge in [0.25, 0.3) is 5.91 Å². The van der Waals surface area contributed by atoms with Crippen LogP contribution < -0.4 is 5.32 Å². The summed E-state index contributed by atoms with van der Waals surface area (Å²) >= 11 is 1.53. The highest BCUT2D eigenvalue weighted by Crippen LogP contribution is 2.40. The molecule has 1 N–H and O–H groups in total. The lowest BCUT2D eigenvalue weighted by Gasteiger charge is -2.39. The van der Waals surface area contributed by atoms with E-state index < -0.39 is 0 Å². The zero-order valence-corrected chi connectivity index (χ0v) is 16.6. The molecule has 3 atom stereocenters. The number of nitrogens with zero attached hydrogens (tertiary/aromatic N) is 2. The van der Waals surface area contributed by atoms with Crippen molar-refractivity contribution in [3.05, 3.63) is 41.4 Å². The summed E-state index contributed by atoms with van der Waals surface area (Å²) in [7, 11) is 0. The molecule has 2 saturated carbocycles. The van der Waals surface area contributed by atoms with Crippen molar-refractivity contribution in [3.8, 4) is 0 Å². The van der Waals surface area contributed by atoms with E-state index in [2.05, 4.69) is 15.5 Å². The van der Waals surface area contributed by atoms with E-state index in [0.717, 1.165) is 41.2 Å².